The molecule has 7 heteroatoms. The van der Waals surface area contributed by atoms with Crippen molar-refractivity contribution >= 4 is 23.2 Å². The number of hydrogen-bond acceptors (Lipinski definition) is 2. The second-order valence-corrected chi connectivity index (χ2v) is 6.91. The Morgan fingerprint density at radius 3 is 2.14 bits per heavy atom. The lowest BCUT2D eigenvalue weighted by atomic mass is 10.1. The van der Waals surface area contributed by atoms with Crippen LogP contribution in [0.3, 0.4) is 0 Å². The minimum atomic E-state index is -4.44. The Morgan fingerprint density at radius 1 is 0.828 bits per heavy atom. The summed E-state index contributed by atoms with van der Waals surface area (Å²) >= 11 is 1.29. The fourth-order valence-electron chi connectivity index (χ4n) is 2.40. The zero-order valence-corrected chi connectivity index (χ0v) is 15.6. The topological polar surface area (TPSA) is 12.4 Å². The van der Waals surface area contributed by atoms with E-state index in [1.54, 1.807) is 29.7 Å². The molecule has 0 aromatic heterocycles. The molecular formula is C22H14F5NS. The number of hydrogen-bond donors (Lipinski definition) is 0. The SMILES string of the molecule is Fc1ccc(SC=CC(=Nc2cccc(F)c2)c2ccc(C(F)(F)F)cc2)cc1. The highest BCUT2D eigenvalue weighted by Gasteiger charge is 2.30. The molecule has 0 aliphatic rings. The minimum Gasteiger partial charge on any atom is -0.248 e. The van der Waals surface area contributed by atoms with Gasteiger partial charge >= 0.3 is 6.18 Å². The molecule has 148 valence electrons. The number of thioether (sulfide) groups is 1. The minimum absolute atomic E-state index is 0.330. The normalized spacial score (nSPS) is 12.5. The maximum Gasteiger partial charge on any atom is 0.416 e. The summed E-state index contributed by atoms with van der Waals surface area (Å²) in [6, 6.07) is 16.0. The number of aliphatic imine (C=N–C) groups is 1. The molecule has 1 nitrogen and oxygen atoms in total. The number of rotatable bonds is 5. The summed E-state index contributed by atoms with van der Waals surface area (Å²) in [5.74, 6) is -0.820. The molecule has 0 unspecified atom stereocenters. The average Bonchev–Trinajstić information content (AvgIpc) is 2.68. The monoisotopic (exact) mass is 419 g/mol. The molecule has 0 radical (unpaired) electrons. The molecular weight excluding hydrogens is 405 g/mol. The van der Waals surface area contributed by atoms with Gasteiger partial charge in [-0.1, -0.05) is 30.0 Å². The van der Waals surface area contributed by atoms with E-state index < -0.39 is 17.6 Å². The van der Waals surface area contributed by atoms with E-state index >= 15 is 0 Å². The van der Waals surface area contributed by atoms with E-state index in [0.29, 0.717) is 17.0 Å². The van der Waals surface area contributed by atoms with Crippen molar-refractivity contribution < 1.29 is 22.0 Å². The van der Waals surface area contributed by atoms with Crippen LogP contribution in [0.2, 0.25) is 0 Å². The van der Waals surface area contributed by atoms with Gasteiger partial charge in [0.15, 0.2) is 0 Å². The third kappa shape index (κ3) is 6.02. The summed E-state index contributed by atoms with van der Waals surface area (Å²) in [7, 11) is 0. The van der Waals surface area contributed by atoms with Gasteiger partial charge in [-0.3, -0.25) is 0 Å². The molecule has 0 saturated heterocycles. The van der Waals surface area contributed by atoms with E-state index in [9.17, 15) is 22.0 Å². The number of allylic oxidation sites excluding steroid dienone is 1. The molecule has 0 fully saturated rings. The maximum atomic E-state index is 13.5. The second-order valence-electron chi connectivity index (χ2n) is 5.93. The zero-order valence-electron chi connectivity index (χ0n) is 14.8. The molecule has 0 aliphatic heterocycles. The van der Waals surface area contributed by atoms with E-state index in [1.165, 1.54) is 54.2 Å². The third-order valence-corrected chi connectivity index (χ3v) is 4.63. The van der Waals surface area contributed by atoms with Crippen molar-refractivity contribution in [3.63, 3.8) is 0 Å². The van der Waals surface area contributed by atoms with Crippen LogP contribution in [0.4, 0.5) is 27.6 Å². The number of nitrogens with zero attached hydrogens (tertiary/aromatic N) is 1. The van der Waals surface area contributed by atoms with E-state index in [2.05, 4.69) is 4.99 Å². The van der Waals surface area contributed by atoms with Crippen molar-refractivity contribution in [2.24, 2.45) is 4.99 Å². The molecule has 3 rings (SSSR count). The van der Waals surface area contributed by atoms with E-state index in [1.807, 2.05) is 0 Å². The smallest absolute Gasteiger partial charge is 0.248 e. The largest absolute Gasteiger partial charge is 0.416 e. The van der Waals surface area contributed by atoms with Crippen molar-refractivity contribution in [3.8, 4) is 0 Å². The Hall–Kier alpha value is -2.93. The Balaban J connectivity index is 1.91. The fourth-order valence-corrected chi connectivity index (χ4v) is 3.05. The number of benzene rings is 3. The van der Waals surface area contributed by atoms with Gasteiger partial charge in [-0.25, -0.2) is 13.8 Å². The van der Waals surface area contributed by atoms with Gasteiger partial charge in [-0.15, -0.1) is 0 Å². The summed E-state index contributed by atoms with van der Waals surface area (Å²) in [4.78, 5) is 5.14. The van der Waals surface area contributed by atoms with Crippen LogP contribution >= 0.6 is 11.8 Å². The molecule has 0 N–H and O–H groups in total. The lowest BCUT2D eigenvalue weighted by Crippen LogP contribution is -2.05. The Kier molecular flexibility index (Phi) is 6.49. The van der Waals surface area contributed by atoms with Crippen LogP contribution in [0.25, 0.3) is 0 Å². The lowest BCUT2D eigenvalue weighted by molar-refractivity contribution is -0.137. The molecule has 0 aliphatic carbocycles. The van der Waals surface area contributed by atoms with Crippen molar-refractivity contribution in [1.82, 2.24) is 0 Å². The van der Waals surface area contributed by atoms with Crippen molar-refractivity contribution in [2.45, 2.75) is 11.1 Å². The predicted octanol–water partition coefficient (Wildman–Crippen LogP) is 7.41. The highest BCUT2D eigenvalue weighted by molar-refractivity contribution is 8.02. The quantitative estimate of drug-likeness (QED) is 0.238. The van der Waals surface area contributed by atoms with Gasteiger partial charge in [0.1, 0.15) is 11.6 Å². The molecule has 29 heavy (non-hydrogen) atoms. The summed E-state index contributed by atoms with van der Waals surface area (Å²) in [5, 5.41) is 1.68. The van der Waals surface area contributed by atoms with Gasteiger partial charge in [0, 0.05) is 10.5 Å². The van der Waals surface area contributed by atoms with E-state index in [0.717, 1.165) is 17.0 Å². The van der Waals surface area contributed by atoms with E-state index in [-0.39, 0.29) is 5.82 Å². The van der Waals surface area contributed by atoms with Gasteiger partial charge < -0.3 is 0 Å². The molecule has 0 heterocycles. The third-order valence-electron chi connectivity index (χ3n) is 3.81. The van der Waals surface area contributed by atoms with E-state index in [4.69, 9.17) is 0 Å². The highest BCUT2D eigenvalue weighted by Crippen LogP contribution is 2.29. The lowest BCUT2D eigenvalue weighted by Gasteiger charge is -2.08. The van der Waals surface area contributed by atoms with Crippen LogP contribution in [-0.2, 0) is 6.18 Å². The van der Waals surface area contributed by atoms with Crippen LogP contribution in [0.1, 0.15) is 11.1 Å². The Morgan fingerprint density at radius 2 is 1.52 bits per heavy atom. The molecule has 3 aromatic rings. The molecule has 0 spiro atoms. The van der Waals surface area contributed by atoms with Crippen LogP contribution in [0.5, 0.6) is 0 Å². The van der Waals surface area contributed by atoms with Gasteiger partial charge in [-0.05, 0) is 66.1 Å². The summed E-state index contributed by atoms with van der Waals surface area (Å²) < 4.78 is 64.9. The van der Waals surface area contributed by atoms with Gasteiger partial charge in [0.2, 0.25) is 0 Å². The molecule has 0 atom stereocenters. The van der Waals surface area contributed by atoms with Crippen LogP contribution in [-0.4, -0.2) is 5.71 Å². The first-order valence-electron chi connectivity index (χ1n) is 8.42. The van der Waals surface area contributed by atoms with Gasteiger partial charge in [0.25, 0.3) is 0 Å². The van der Waals surface area contributed by atoms with Crippen LogP contribution < -0.4 is 0 Å². The summed E-state index contributed by atoms with van der Waals surface area (Å²) in [6.45, 7) is 0. The number of halogens is 5. The fraction of sp³-hybridized carbons (Fsp3) is 0.0455. The summed E-state index contributed by atoms with van der Waals surface area (Å²) in [6.07, 6.45) is -2.83. The van der Waals surface area contributed by atoms with Crippen molar-refractivity contribution in [3.05, 3.63) is 107 Å². The number of alkyl halides is 3. The predicted molar refractivity (Wildman–Crippen MR) is 105 cm³/mol. The zero-order chi connectivity index (χ0) is 20.9. The molecule has 3 aromatic carbocycles. The standard InChI is InChI=1S/C22H14F5NS/c23-17-8-10-20(11-9-17)29-13-12-21(28-19-3-1-2-18(24)14-19)15-4-6-16(7-5-15)22(25,26)27/h1-14H. The first-order valence-corrected chi connectivity index (χ1v) is 9.30. The molecule has 0 amide bonds. The van der Waals surface area contributed by atoms with Gasteiger partial charge in [0.05, 0.1) is 17.0 Å². The maximum absolute atomic E-state index is 13.5. The van der Waals surface area contributed by atoms with Crippen LogP contribution in [0, 0.1) is 11.6 Å². The second kappa shape index (κ2) is 9.05. The Labute approximate surface area is 168 Å². The average molecular weight is 419 g/mol. The first kappa shape index (κ1) is 20.8. The van der Waals surface area contributed by atoms with Gasteiger partial charge in [-0.2, -0.15) is 13.2 Å². The Bertz CT molecular complexity index is 1020. The van der Waals surface area contributed by atoms with Crippen molar-refractivity contribution in [2.75, 3.05) is 0 Å². The summed E-state index contributed by atoms with van der Waals surface area (Å²) in [5.41, 5.74) is 0.365. The molecule has 0 bridgehead atoms. The molecule has 0 saturated carbocycles. The first-order chi connectivity index (χ1) is 13.8. The van der Waals surface area contributed by atoms with Crippen LogP contribution in [0.15, 0.2) is 94.2 Å². The highest BCUT2D eigenvalue weighted by atomic mass is 32.2. The van der Waals surface area contributed by atoms with Crippen molar-refractivity contribution in [1.29, 1.82) is 0 Å².